The number of fused-ring (bicyclic) bond motifs is 1. The number of nitrogens with zero attached hydrogens (tertiary/aromatic N) is 1. The van der Waals surface area contributed by atoms with Crippen LogP contribution in [0.5, 0.6) is 5.75 Å². The molecule has 0 bridgehead atoms. The SMILES string of the molecule is C[C@@H]1CCCC[C@@H]1N1C(=O)/C(=C/c2ccc(OCc3cccc4ccccc34)c(Br)c2)SC1Nc1ccccc1. The summed E-state index contributed by atoms with van der Waals surface area (Å²) in [4.78, 5) is 16.7. The number of para-hydroxylation sites is 1. The first-order valence-electron chi connectivity index (χ1n) is 14.0. The van der Waals surface area contributed by atoms with Crippen LogP contribution in [0, 0.1) is 5.92 Å². The van der Waals surface area contributed by atoms with Gasteiger partial charge in [0.1, 0.15) is 12.4 Å². The van der Waals surface area contributed by atoms with Gasteiger partial charge in [-0.3, -0.25) is 4.79 Å². The van der Waals surface area contributed by atoms with Crippen LogP contribution in [-0.2, 0) is 11.4 Å². The molecule has 6 rings (SSSR count). The van der Waals surface area contributed by atoms with Crippen molar-refractivity contribution in [3.05, 3.63) is 112 Å². The number of carbonyl (C=O) groups excluding carboxylic acids is 1. The lowest BCUT2D eigenvalue weighted by atomic mass is 9.85. The number of hydrogen-bond acceptors (Lipinski definition) is 4. The molecule has 1 unspecified atom stereocenters. The Balaban J connectivity index is 1.21. The van der Waals surface area contributed by atoms with Crippen LogP contribution in [0.15, 0.2) is 100 Å². The molecule has 204 valence electrons. The molecular formula is C34H33BrN2O2S. The summed E-state index contributed by atoms with van der Waals surface area (Å²) in [6, 6.07) is 31.1. The van der Waals surface area contributed by atoms with Gasteiger partial charge in [0.15, 0.2) is 5.50 Å². The van der Waals surface area contributed by atoms with Crippen LogP contribution in [0.3, 0.4) is 0 Å². The van der Waals surface area contributed by atoms with E-state index in [0.717, 1.165) is 38.4 Å². The summed E-state index contributed by atoms with van der Waals surface area (Å²) in [5.41, 5.74) is 3.02. The minimum atomic E-state index is -0.126. The van der Waals surface area contributed by atoms with Gasteiger partial charge in [-0.1, -0.05) is 98.3 Å². The van der Waals surface area contributed by atoms with Gasteiger partial charge in [-0.05, 0) is 86.9 Å². The van der Waals surface area contributed by atoms with E-state index in [1.165, 1.54) is 30.0 Å². The van der Waals surface area contributed by atoms with Gasteiger partial charge in [0.05, 0.1) is 9.38 Å². The summed E-state index contributed by atoms with van der Waals surface area (Å²) in [7, 11) is 0. The molecule has 6 heteroatoms. The van der Waals surface area contributed by atoms with Crippen LogP contribution in [0.2, 0.25) is 0 Å². The number of benzene rings is 4. The smallest absolute Gasteiger partial charge is 0.262 e. The fourth-order valence-corrected chi connectivity index (χ4v) is 7.54. The first-order chi connectivity index (χ1) is 19.6. The average molecular weight is 614 g/mol. The third-order valence-corrected chi connectivity index (χ3v) is 9.68. The number of amides is 1. The molecule has 1 saturated heterocycles. The van der Waals surface area contributed by atoms with Crippen molar-refractivity contribution in [1.29, 1.82) is 0 Å². The Morgan fingerprint density at radius 1 is 0.975 bits per heavy atom. The van der Waals surface area contributed by atoms with Gasteiger partial charge in [0.2, 0.25) is 0 Å². The predicted molar refractivity (Wildman–Crippen MR) is 170 cm³/mol. The third kappa shape index (κ3) is 5.79. The van der Waals surface area contributed by atoms with Crippen molar-refractivity contribution in [2.24, 2.45) is 5.92 Å². The molecule has 1 N–H and O–H groups in total. The van der Waals surface area contributed by atoms with Gasteiger partial charge < -0.3 is 15.0 Å². The maximum atomic E-state index is 13.8. The van der Waals surface area contributed by atoms with E-state index in [2.05, 4.69) is 87.7 Å². The molecule has 0 spiro atoms. The van der Waals surface area contributed by atoms with Gasteiger partial charge in [-0.15, -0.1) is 0 Å². The second-order valence-electron chi connectivity index (χ2n) is 10.6. The standard InChI is InChI=1S/C34H33BrN2O2S/c1-23-10-5-8-17-30(23)37-33(38)32(40-34(37)36-27-14-3-2-4-15-27)21-24-18-19-31(29(35)20-24)39-22-26-13-9-12-25-11-6-7-16-28(25)26/h2-4,6-7,9,11-16,18-21,23,30,34,36H,5,8,10,17,22H2,1H3/b32-21-/t23-,30+,34?/m1/s1. The molecule has 4 aromatic carbocycles. The summed E-state index contributed by atoms with van der Waals surface area (Å²) in [6.07, 6.45) is 6.66. The second kappa shape index (κ2) is 12.1. The largest absolute Gasteiger partial charge is 0.488 e. The molecule has 2 aliphatic rings. The highest BCUT2D eigenvalue weighted by molar-refractivity contribution is 9.10. The predicted octanol–water partition coefficient (Wildman–Crippen LogP) is 9.07. The van der Waals surface area contributed by atoms with Gasteiger partial charge in [0, 0.05) is 11.7 Å². The molecule has 1 amide bonds. The average Bonchev–Trinajstić information content (AvgIpc) is 3.27. The van der Waals surface area contributed by atoms with Crippen LogP contribution in [0.1, 0.15) is 43.7 Å². The Bertz CT molecular complexity index is 1530. The zero-order chi connectivity index (χ0) is 27.5. The number of carbonyl (C=O) groups is 1. The van der Waals surface area contributed by atoms with E-state index in [1.807, 2.05) is 42.5 Å². The number of nitrogens with one attached hydrogen (secondary N) is 1. The van der Waals surface area contributed by atoms with Gasteiger partial charge in [0.25, 0.3) is 5.91 Å². The van der Waals surface area contributed by atoms with Crippen LogP contribution in [0.25, 0.3) is 16.8 Å². The molecule has 1 aliphatic carbocycles. The van der Waals surface area contributed by atoms with E-state index in [0.29, 0.717) is 12.5 Å². The number of thioether (sulfide) groups is 1. The van der Waals surface area contributed by atoms with Crippen molar-refractivity contribution in [2.45, 2.75) is 50.8 Å². The van der Waals surface area contributed by atoms with Crippen molar-refractivity contribution in [3.63, 3.8) is 0 Å². The van der Waals surface area contributed by atoms with E-state index in [9.17, 15) is 4.79 Å². The molecule has 0 aromatic heterocycles. The summed E-state index contributed by atoms with van der Waals surface area (Å²) in [5.74, 6) is 1.39. The van der Waals surface area contributed by atoms with Crippen LogP contribution in [-0.4, -0.2) is 22.3 Å². The zero-order valence-electron chi connectivity index (χ0n) is 22.6. The molecule has 1 heterocycles. The Morgan fingerprint density at radius 3 is 2.58 bits per heavy atom. The van der Waals surface area contributed by atoms with Crippen molar-refractivity contribution >= 4 is 56.1 Å². The van der Waals surface area contributed by atoms with Gasteiger partial charge in [-0.2, -0.15) is 0 Å². The first-order valence-corrected chi connectivity index (χ1v) is 15.7. The Hall–Kier alpha value is -3.22. The number of anilines is 1. The van der Waals surface area contributed by atoms with Gasteiger partial charge >= 0.3 is 0 Å². The molecule has 1 aliphatic heterocycles. The lowest BCUT2D eigenvalue weighted by molar-refractivity contribution is -0.129. The third-order valence-electron chi connectivity index (χ3n) is 7.94. The second-order valence-corrected chi connectivity index (χ2v) is 12.6. The minimum absolute atomic E-state index is 0.115. The fraction of sp³-hybridized carbons (Fsp3) is 0.265. The maximum Gasteiger partial charge on any atom is 0.262 e. The fourth-order valence-electron chi connectivity index (χ4n) is 5.82. The topological polar surface area (TPSA) is 41.6 Å². The van der Waals surface area contributed by atoms with Crippen LogP contribution < -0.4 is 10.1 Å². The Kier molecular flexibility index (Phi) is 8.17. The highest BCUT2D eigenvalue weighted by Gasteiger charge is 2.42. The highest BCUT2D eigenvalue weighted by atomic mass is 79.9. The molecule has 40 heavy (non-hydrogen) atoms. The van der Waals surface area contributed by atoms with Crippen LogP contribution >= 0.6 is 27.7 Å². The van der Waals surface area contributed by atoms with E-state index in [1.54, 1.807) is 11.8 Å². The monoisotopic (exact) mass is 612 g/mol. The minimum Gasteiger partial charge on any atom is -0.488 e. The van der Waals surface area contributed by atoms with Gasteiger partial charge in [-0.25, -0.2) is 0 Å². The van der Waals surface area contributed by atoms with Crippen molar-refractivity contribution in [2.75, 3.05) is 5.32 Å². The molecular weight excluding hydrogens is 580 g/mol. The van der Waals surface area contributed by atoms with Crippen LogP contribution in [0.4, 0.5) is 5.69 Å². The molecule has 1 saturated carbocycles. The zero-order valence-corrected chi connectivity index (χ0v) is 25.0. The Labute approximate surface area is 248 Å². The van der Waals surface area contributed by atoms with Crippen molar-refractivity contribution in [3.8, 4) is 5.75 Å². The lowest BCUT2D eigenvalue weighted by Gasteiger charge is -2.39. The summed E-state index contributed by atoms with van der Waals surface area (Å²) >= 11 is 5.32. The summed E-state index contributed by atoms with van der Waals surface area (Å²) in [5, 5.41) is 6.03. The van der Waals surface area contributed by atoms with E-state index < -0.39 is 0 Å². The van der Waals surface area contributed by atoms with E-state index >= 15 is 0 Å². The molecule has 0 radical (unpaired) electrons. The van der Waals surface area contributed by atoms with Crippen molar-refractivity contribution in [1.82, 2.24) is 4.90 Å². The maximum absolute atomic E-state index is 13.8. The highest BCUT2D eigenvalue weighted by Crippen LogP contribution is 2.42. The first kappa shape index (κ1) is 27.0. The van der Waals surface area contributed by atoms with Crippen molar-refractivity contribution < 1.29 is 9.53 Å². The normalized spacial score (nSPS) is 22.1. The molecule has 4 aromatic rings. The number of hydrogen-bond donors (Lipinski definition) is 1. The quantitative estimate of drug-likeness (QED) is 0.211. The number of halogens is 1. The Morgan fingerprint density at radius 2 is 1.75 bits per heavy atom. The summed E-state index contributed by atoms with van der Waals surface area (Å²) in [6.45, 7) is 2.77. The molecule has 2 fully saturated rings. The number of rotatable bonds is 7. The van der Waals surface area contributed by atoms with E-state index in [-0.39, 0.29) is 17.4 Å². The number of ether oxygens (including phenoxy) is 1. The summed E-state index contributed by atoms with van der Waals surface area (Å²) < 4.78 is 7.08. The molecule has 3 atom stereocenters. The molecule has 4 nitrogen and oxygen atoms in total. The van der Waals surface area contributed by atoms with E-state index in [4.69, 9.17) is 4.74 Å². The lowest BCUT2D eigenvalue weighted by Crippen LogP contribution is -2.48.